The van der Waals surface area contributed by atoms with Crippen LogP contribution < -0.4 is 16.0 Å². The first-order chi connectivity index (χ1) is 11.5. The Morgan fingerprint density at radius 2 is 1.96 bits per heavy atom. The molecule has 0 aromatic carbocycles. The number of guanidine groups is 1. The zero-order valence-electron chi connectivity index (χ0n) is 16.2. The Bertz CT molecular complexity index is 439. The molecule has 3 N–H and O–H groups in total. The van der Waals surface area contributed by atoms with Gasteiger partial charge in [-0.25, -0.2) is 0 Å². The van der Waals surface area contributed by atoms with Crippen LogP contribution in [-0.2, 0) is 4.79 Å². The average molecular weight is 465 g/mol. The molecule has 146 valence electrons. The largest absolute Gasteiger partial charge is 0.357 e. The lowest BCUT2D eigenvalue weighted by Gasteiger charge is -2.21. The van der Waals surface area contributed by atoms with Gasteiger partial charge < -0.3 is 16.0 Å². The zero-order chi connectivity index (χ0) is 17.5. The molecule has 2 atom stereocenters. The highest BCUT2D eigenvalue weighted by Gasteiger charge is 2.31. The third-order valence-electron chi connectivity index (χ3n) is 4.81. The van der Waals surface area contributed by atoms with E-state index in [0.717, 1.165) is 44.9 Å². The molecular formula is C18H36IN5O. The highest BCUT2D eigenvalue weighted by Crippen LogP contribution is 2.19. The van der Waals surface area contributed by atoms with Crippen LogP contribution in [-0.4, -0.2) is 61.1 Å². The van der Waals surface area contributed by atoms with Crippen LogP contribution in [0.25, 0.3) is 0 Å². The predicted molar refractivity (Wildman–Crippen MR) is 115 cm³/mol. The number of aliphatic imine (C=N–C) groups is 1. The first-order valence-electron chi connectivity index (χ1n) is 9.57. The van der Waals surface area contributed by atoms with Gasteiger partial charge in [-0.05, 0) is 46.0 Å². The van der Waals surface area contributed by atoms with Crippen LogP contribution in [0.15, 0.2) is 4.99 Å². The fourth-order valence-corrected chi connectivity index (χ4v) is 3.07. The SMILES string of the molecule is CCNC(=NCCCC(=O)NC1CC1)NC1CN(C(C)C)CC1C.I. The molecule has 0 radical (unpaired) electrons. The maximum Gasteiger partial charge on any atom is 0.220 e. The molecule has 2 fully saturated rings. The standard InChI is InChI=1S/C18H35N5O.HI/c1-5-19-18(20-10-6-7-17(24)21-15-8-9-15)22-16-12-23(13(2)3)11-14(16)4;/h13-16H,5-12H2,1-4H3,(H,21,24)(H2,19,20,22);1H. The van der Waals surface area contributed by atoms with Gasteiger partial charge in [-0.15, -0.1) is 24.0 Å². The zero-order valence-corrected chi connectivity index (χ0v) is 18.5. The minimum absolute atomic E-state index is 0. The van der Waals surface area contributed by atoms with E-state index in [0.29, 0.717) is 37.0 Å². The van der Waals surface area contributed by atoms with Gasteiger partial charge >= 0.3 is 0 Å². The Kier molecular flexibility index (Phi) is 10.1. The Hall–Kier alpha value is -0.570. The summed E-state index contributed by atoms with van der Waals surface area (Å²) in [4.78, 5) is 18.8. The molecule has 0 aromatic rings. The van der Waals surface area contributed by atoms with E-state index in [1.54, 1.807) is 0 Å². The van der Waals surface area contributed by atoms with Crippen LogP contribution in [0.5, 0.6) is 0 Å². The van der Waals surface area contributed by atoms with E-state index in [-0.39, 0.29) is 29.9 Å². The van der Waals surface area contributed by atoms with Gasteiger partial charge in [-0.2, -0.15) is 0 Å². The number of nitrogens with one attached hydrogen (secondary N) is 3. The minimum Gasteiger partial charge on any atom is -0.357 e. The lowest BCUT2D eigenvalue weighted by Crippen LogP contribution is -2.46. The molecular weight excluding hydrogens is 429 g/mol. The molecule has 1 saturated heterocycles. The summed E-state index contributed by atoms with van der Waals surface area (Å²) in [5.41, 5.74) is 0. The van der Waals surface area contributed by atoms with E-state index >= 15 is 0 Å². The number of halogens is 1. The molecule has 1 aliphatic carbocycles. The third-order valence-corrected chi connectivity index (χ3v) is 4.81. The molecule has 2 unspecified atom stereocenters. The fraction of sp³-hybridized carbons (Fsp3) is 0.889. The average Bonchev–Trinajstić information content (AvgIpc) is 3.26. The van der Waals surface area contributed by atoms with Gasteiger partial charge in [0.2, 0.25) is 5.91 Å². The van der Waals surface area contributed by atoms with Crippen LogP contribution in [0.4, 0.5) is 0 Å². The Labute approximate surface area is 170 Å². The van der Waals surface area contributed by atoms with Crippen molar-refractivity contribution in [3.05, 3.63) is 0 Å². The van der Waals surface area contributed by atoms with E-state index in [9.17, 15) is 4.79 Å². The highest BCUT2D eigenvalue weighted by molar-refractivity contribution is 14.0. The summed E-state index contributed by atoms with van der Waals surface area (Å²) >= 11 is 0. The summed E-state index contributed by atoms with van der Waals surface area (Å²) in [6, 6.07) is 1.47. The minimum atomic E-state index is 0. The van der Waals surface area contributed by atoms with Crippen molar-refractivity contribution in [2.24, 2.45) is 10.9 Å². The second kappa shape index (κ2) is 11.2. The van der Waals surface area contributed by atoms with Gasteiger partial charge in [-0.3, -0.25) is 14.7 Å². The van der Waals surface area contributed by atoms with Crippen LogP contribution in [0.2, 0.25) is 0 Å². The van der Waals surface area contributed by atoms with Crippen molar-refractivity contribution in [3.63, 3.8) is 0 Å². The molecule has 6 nitrogen and oxygen atoms in total. The summed E-state index contributed by atoms with van der Waals surface area (Å²) in [6.07, 6.45) is 3.66. The van der Waals surface area contributed by atoms with Crippen molar-refractivity contribution in [2.75, 3.05) is 26.2 Å². The summed E-state index contributed by atoms with van der Waals surface area (Å²) in [5.74, 6) is 1.66. The van der Waals surface area contributed by atoms with Crippen molar-refractivity contribution in [2.45, 2.75) is 71.5 Å². The predicted octanol–water partition coefficient (Wildman–Crippen LogP) is 1.95. The van der Waals surface area contributed by atoms with Gasteiger partial charge in [0.1, 0.15) is 0 Å². The first-order valence-corrected chi connectivity index (χ1v) is 9.57. The summed E-state index contributed by atoms with van der Waals surface area (Å²) in [7, 11) is 0. The molecule has 0 spiro atoms. The van der Waals surface area contributed by atoms with Crippen LogP contribution in [0.3, 0.4) is 0 Å². The van der Waals surface area contributed by atoms with Gasteiger partial charge in [0.05, 0.1) is 0 Å². The molecule has 1 amide bonds. The van der Waals surface area contributed by atoms with Gasteiger partial charge in [0.25, 0.3) is 0 Å². The highest BCUT2D eigenvalue weighted by atomic mass is 127. The number of likely N-dealkylation sites (tertiary alicyclic amines) is 1. The lowest BCUT2D eigenvalue weighted by molar-refractivity contribution is -0.121. The summed E-state index contributed by atoms with van der Waals surface area (Å²) in [6.45, 7) is 12.6. The molecule has 0 bridgehead atoms. The molecule has 1 saturated carbocycles. The Morgan fingerprint density at radius 1 is 1.24 bits per heavy atom. The maximum absolute atomic E-state index is 11.7. The molecule has 1 aliphatic heterocycles. The number of rotatable bonds is 8. The second-order valence-electron chi connectivity index (χ2n) is 7.48. The summed E-state index contributed by atoms with van der Waals surface area (Å²) < 4.78 is 0. The van der Waals surface area contributed by atoms with E-state index < -0.39 is 0 Å². The number of hydrogen-bond donors (Lipinski definition) is 3. The molecule has 0 aromatic heterocycles. The van der Waals surface area contributed by atoms with Crippen molar-refractivity contribution in [1.82, 2.24) is 20.9 Å². The maximum atomic E-state index is 11.7. The van der Waals surface area contributed by atoms with Gasteiger partial charge in [0.15, 0.2) is 5.96 Å². The number of carbonyl (C=O) groups is 1. The van der Waals surface area contributed by atoms with E-state index in [2.05, 4.69) is 53.5 Å². The van der Waals surface area contributed by atoms with Crippen molar-refractivity contribution in [1.29, 1.82) is 0 Å². The van der Waals surface area contributed by atoms with Crippen LogP contribution in [0, 0.1) is 5.92 Å². The third kappa shape index (κ3) is 8.11. The number of hydrogen-bond acceptors (Lipinski definition) is 3. The van der Waals surface area contributed by atoms with Crippen molar-refractivity contribution in [3.8, 4) is 0 Å². The van der Waals surface area contributed by atoms with E-state index in [1.165, 1.54) is 0 Å². The molecule has 25 heavy (non-hydrogen) atoms. The molecule has 2 rings (SSSR count). The number of carbonyl (C=O) groups excluding carboxylic acids is 1. The Morgan fingerprint density at radius 3 is 2.52 bits per heavy atom. The van der Waals surface area contributed by atoms with E-state index in [1.807, 2.05) is 0 Å². The van der Waals surface area contributed by atoms with Crippen molar-refractivity contribution >= 4 is 35.8 Å². The molecule has 2 aliphatic rings. The lowest BCUT2D eigenvalue weighted by atomic mass is 10.1. The smallest absolute Gasteiger partial charge is 0.220 e. The number of amides is 1. The number of nitrogens with zero attached hydrogens (tertiary/aromatic N) is 2. The topological polar surface area (TPSA) is 68.8 Å². The summed E-state index contributed by atoms with van der Waals surface area (Å²) in [5, 5.41) is 9.93. The first kappa shape index (κ1) is 22.5. The fourth-order valence-electron chi connectivity index (χ4n) is 3.07. The van der Waals surface area contributed by atoms with E-state index in [4.69, 9.17) is 0 Å². The van der Waals surface area contributed by atoms with Crippen molar-refractivity contribution < 1.29 is 4.79 Å². The molecule has 7 heteroatoms. The Balaban J connectivity index is 0.00000312. The monoisotopic (exact) mass is 465 g/mol. The van der Waals surface area contributed by atoms with Gasteiger partial charge in [-0.1, -0.05) is 6.92 Å². The molecule has 1 heterocycles. The van der Waals surface area contributed by atoms with Gasteiger partial charge in [0, 0.05) is 50.7 Å². The second-order valence-corrected chi connectivity index (χ2v) is 7.48. The normalized spacial score (nSPS) is 24.1. The van der Waals surface area contributed by atoms with Crippen LogP contribution >= 0.6 is 24.0 Å². The van der Waals surface area contributed by atoms with Crippen LogP contribution in [0.1, 0.15) is 53.4 Å². The quantitative estimate of drug-likeness (QED) is 0.222.